The first kappa shape index (κ1) is 17.5. The second kappa shape index (κ2) is 7.60. The number of rotatable bonds is 5. The summed E-state index contributed by atoms with van der Waals surface area (Å²) >= 11 is 0. The van der Waals surface area contributed by atoms with Crippen LogP contribution in [0.5, 0.6) is 0 Å². The van der Waals surface area contributed by atoms with Gasteiger partial charge in [-0.05, 0) is 68.7 Å². The molecule has 3 unspecified atom stereocenters. The van der Waals surface area contributed by atoms with E-state index in [2.05, 4.69) is 32.9 Å². The van der Waals surface area contributed by atoms with Gasteiger partial charge in [0.25, 0.3) is 0 Å². The monoisotopic (exact) mass is 313 g/mol. The average Bonchev–Trinajstić information content (AvgIpc) is 3.00. The lowest BCUT2D eigenvalue weighted by Crippen LogP contribution is -2.25. The third kappa shape index (κ3) is 3.91. The number of allylic oxidation sites excluding steroid dienone is 4. The molecule has 3 heteroatoms. The van der Waals surface area contributed by atoms with Crippen molar-refractivity contribution in [3.8, 4) is 0 Å². The van der Waals surface area contributed by atoms with Crippen LogP contribution >= 0.6 is 0 Å². The Morgan fingerprint density at radius 1 is 1.26 bits per heavy atom. The lowest BCUT2D eigenvalue weighted by molar-refractivity contribution is 0.0697. The summed E-state index contributed by atoms with van der Waals surface area (Å²) in [6.07, 6.45) is 7.82. The van der Waals surface area contributed by atoms with E-state index >= 15 is 0 Å². The molecule has 1 aliphatic rings. The molecule has 1 aromatic carbocycles. The van der Waals surface area contributed by atoms with Crippen molar-refractivity contribution in [1.29, 1.82) is 0 Å². The van der Waals surface area contributed by atoms with Crippen molar-refractivity contribution in [2.24, 2.45) is 17.6 Å². The van der Waals surface area contributed by atoms with Gasteiger partial charge in [0.05, 0.1) is 5.56 Å². The predicted octanol–water partition coefficient (Wildman–Crippen LogP) is 4.71. The Balaban J connectivity index is 2.25. The van der Waals surface area contributed by atoms with E-state index in [4.69, 9.17) is 10.8 Å². The Bertz CT molecular complexity index is 609. The summed E-state index contributed by atoms with van der Waals surface area (Å²) in [5.41, 5.74) is 10.7. The van der Waals surface area contributed by atoms with Crippen LogP contribution in [0.4, 0.5) is 0 Å². The Morgan fingerprint density at radius 3 is 2.43 bits per heavy atom. The van der Waals surface area contributed by atoms with Crippen LogP contribution in [0.25, 0.3) is 0 Å². The number of aromatic carboxylic acids is 1. The van der Waals surface area contributed by atoms with E-state index in [0.29, 0.717) is 17.4 Å². The molecule has 0 radical (unpaired) electrons. The fourth-order valence-electron chi connectivity index (χ4n) is 3.74. The maximum Gasteiger partial charge on any atom is 0.335 e. The van der Waals surface area contributed by atoms with Gasteiger partial charge < -0.3 is 10.8 Å². The van der Waals surface area contributed by atoms with E-state index in [1.807, 2.05) is 12.1 Å². The van der Waals surface area contributed by atoms with Gasteiger partial charge in [0.1, 0.15) is 0 Å². The molecule has 0 saturated heterocycles. The number of carboxylic acid groups (broad SMARTS) is 1. The van der Waals surface area contributed by atoms with Gasteiger partial charge in [0.15, 0.2) is 0 Å². The van der Waals surface area contributed by atoms with Gasteiger partial charge in [-0.3, -0.25) is 0 Å². The Labute approximate surface area is 138 Å². The molecule has 1 saturated carbocycles. The van der Waals surface area contributed by atoms with E-state index in [0.717, 1.165) is 12.0 Å². The first-order valence-corrected chi connectivity index (χ1v) is 8.34. The van der Waals surface area contributed by atoms with Crippen LogP contribution in [-0.2, 0) is 0 Å². The highest BCUT2D eigenvalue weighted by atomic mass is 16.4. The highest BCUT2D eigenvalue weighted by Crippen LogP contribution is 2.44. The molecule has 3 N–H and O–H groups in total. The van der Waals surface area contributed by atoms with Crippen molar-refractivity contribution in [2.75, 3.05) is 0 Å². The summed E-state index contributed by atoms with van der Waals surface area (Å²) in [6, 6.07) is 6.97. The third-order valence-electron chi connectivity index (χ3n) is 4.90. The standard InChI is InChI=1S/C20H27NO2/c1-4-6-16(13(2)3)17-7-5-8-18(17)19(21)14-9-11-15(12-10-14)20(22)23/h4,6,9-12,17-19H,5,7-8,21H2,1-3H3,(H,22,23)/b6-4-. The fourth-order valence-corrected chi connectivity index (χ4v) is 3.74. The minimum atomic E-state index is -0.899. The average molecular weight is 313 g/mol. The fraction of sp³-hybridized carbons (Fsp3) is 0.450. The summed E-state index contributed by atoms with van der Waals surface area (Å²) in [5.74, 6) is 0.000836. The van der Waals surface area contributed by atoms with Gasteiger partial charge in [-0.1, -0.05) is 36.3 Å². The number of nitrogens with two attached hydrogens (primary N) is 1. The second-order valence-electron chi connectivity index (χ2n) is 6.61. The molecule has 0 spiro atoms. The molecule has 0 amide bonds. The molecular formula is C20H27NO2. The third-order valence-corrected chi connectivity index (χ3v) is 4.90. The smallest absolute Gasteiger partial charge is 0.335 e. The van der Waals surface area contributed by atoms with Crippen molar-refractivity contribution < 1.29 is 9.90 Å². The van der Waals surface area contributed by atoms with Gasteiger partial charge in [0.2, 0.25) is 0 Å². The first-order chi connectivity index (χ1) is 11.0. The minimum absolute atomic E-state index is 0.0510. The molecular weight excluding hydrogens is 286 g/mol. The zero-order valence-electron chi connectivity index (χ0n) is 14.3. The molecule has 0 aromatic heterocycles. The number of carbonyl (C=O) groups is 1. The minimum Gasteiger partial charge on any atom is -0.478 e. The van der Waals surface area contributed by atoms with Gasteiger partial charge in [0, 0.05) is 6.04 Å². The molecule has 23 heavy (non-hydrogen) atoms. The topological polar surface area (TPSA) is 63.3 Å². The zero-order chi connectivity index (χ0) is 17.0. The van der Waals surface area contributed by atoms with Crippen LogP contribution in [0.3, 0.4) is 0 Å². The van der Waals surface area contributed by atoms with E-state index in [9.17, 15) is 4.79 Å². The first-order valence-electron chi connectivity index (χ1n) is 8.34. The van der Waals surface area contributed by atoms with E-state index in [1.54, 1.807) is 12.1 Å². The molecule has 2 rings (SSSR count). The van der Waals surface area contributed by atoms with Crippen molar-refractivity contribution in [1.82, 2.24) is 0 Å². The summed E-state index contributed by atoms with van der Waals surface area (Å²) in [6.45, 7) is 6.38. The second-order valence-corrected chi connectivity index (χ2v) is 6.61. The van der Waals surface area contributed by atoms with E-state index in [-0.39, 0.29) is 6.04 Å². The van der Waals surface area contributed by atoms with Gasteiger partial charge >= 0.3 is 5.97 Å². The Hall–Kier alpha value is -1.87. The molecule has 1 fully saturated rings. The SMILES string of the molecule is C/C=C\C(=C(C)C)C1CCCC1C(N)c1ccc(C(=O)O)cc1. The predicted molar refractivity (Wildman–Crippen MR) is 94.3 cm³/mol. The van der Waals surface area contributed by atoms with Crippen molar-refractivity contribution in [2.45, 2.75) is 46.1 Å². The Morgan fingerprint density at radius 2 is 1.91 bits per heavy atom. The largest absolute Gasteiger partial charge is 0.478 e. The lowest BCUT2D eigenvalue weighted by atomic mass is 9.80. The van der Waals surface area contributed by atoms with Crippen LogP contribution in [0.1, 0.15) is 62.0 Å². The van der Waals surface area contributed by atoms with Crippen LogP contribution < -0.4 is 5.73 Å². The summed E-state index contributed by atoms with van der Waals surface area (Å²) < 4.78 is 0. The number of benzene rings is 1. The maximum absolute atomic E-state index is 11.0. The molecule has 0 aliphatic heterocycles. The van der Waals surface area contributed by atoms with Gasteiger partial charge in [-0.25, -0.2) is 4.79 Å². The van der Waals surface area contributed by atoms with Crippen molar-refractivity contribution in [3.05, 3.63) is 58.7 Å². The quantitative estimate of drug-likeness (QED) is 0.774. The molecule has 3 nitrogen and oxygen atoms in total. The van der Waals surface area contributed by atoms with E-state index in [1.165, 1.54) is 24.0 Å². The number of hydrogen-bond donors (Lipinski definition) is 2. The molecule has 0 heterocycles. The highest BCUT2D eigenvalue weighted by molar-refractivity contribution is 5.87. The maximum atomic E-state index is 11.0. The van der Waals surface area contributed by atoms with Crippen LogP contribution in [0, 0.1) is 11.8 Å². The van der Waals surface area contributed by atoms with Gasteiger partial charge in [-0.2, -0.15) is 0 Å². The number of carboxylic acids is 1. The van der Waals surface area contributed by atoms with Gasteiger partial charge in [-0.15, -0.1) is 0 Å². The van der Waals surface area contributed by atoms with Crippen molar-refractivity contribution >= 4 is 5.97 Å². The molecule has 124 valence electrons. The molecule has 1 aromatic rings. The Kier molecular flexibility index (Phi) is 5.78. The molecule has 0 bridgehead atoms. The van der Waals surface area contributed by atoms with Crippen LogP contribution in [0.2, 0.25) is 0 Å². The van der Waals surface area contributed by atoms with Crippen LogP contribution in [0.15, 0.2) is 47.6 Å². The molecule has 3 atom stereocenters. The zero-order valence-corrected chi connectivity index (χ0v) is 14.3. The van der Waals surface area contributed by atoms with E-state index < -0.39 is 5.97 Å². The normalized spacial score (nSPS) is 22.3. The molecule has 1 aliphatic carbocycles. The lowest BCUT2D eigenvalue weighted by Gasteiger charge is -2.28. The summed E-state index contributed by atoms with van der Waals surface area (Å²) in [5, 5.41) is 9.02. The van der Waals surface area contributed by atoms with Crippen molar-refractivity contribution in [3.63, 3.8) is 0 Å². The highest BCUT2D eigenvalue weighted by Gasteiger charge is 2.34. The summed E-state index contributed by atoms with van der Waals surface area (Å²) in [7, 11) is 0. The number of hydrogen-bond acceptors (Lipinski definition) is 2. The summed E-state index contributed by atoms with van der Waals surface area (Å²) in [4.78, 5) is 11.0. The van der Waals surface area contributed by atoms with Crippen LogP contribution in [-0.4, -0.2) is 11.1 Å².